The summed E-state index contributed by atoms with van der Waals surface area (Å²) in [5.41, 5.74) is 0.585. The summed E-state index contributed by atoms with van der Waals surface area (Å²) in [5, 5.41) is 9.56. The number of carbonyl (C=O) groups excluding carboxylic acids is 1. The molecule has 0 radical (unpaired) electrons. The first-order valence-electron chi connectivity index (χ1n) is 5.81. The van der Waals surface area contributed by atoms with E-state index >= 15 is 0 Å². The summed E-state index contributed by atoms with van der Waals surface area (Å²) in [4.78, 5) is 14.1. The molecule has 1 aliphatic heterocycles. The zero-order valence-electron chi connectivity index (χ0n) is 9.60. The molecule has 1 saturated heterocycles. The first-order valence-corrected chi connectivity index (χ1v) is 6.19. The topological polar surface area (TPSA) is 40.5 Å². The number of nitrogens with zero attached hydrogens (tertiary/aromatic N) is 1. The highest BCUT2D eigenvalue weighted by Gasteiger charge is 2.24. The lowest BCUT2D eigenvalue weighted by molar-refractivity contribution is 0.0940. The van der Waals surface area contributed by atoms with Crippen LogP contribution in [-0.2, 0) is 0 Å². The summed E-state index contributed by atoms with van der Waals surface area (Å²) in [6.45, 7) is 2.27. The number of ketones is 1. The van der Waals surface area contributed by atoms with Crippen LogP contribution in [0.3, 0.4) is 0 Å². The Kier molecular flexibility index (Phi) is 4.15. The Morgan fingerprint density at radius 1 is 1.47 bits per heavy atom. The molecule has 4 heteroatoms. The van der Waals surface area contributed by atoms with Gasteiger partial charge in [-0.2, -0.15) is 0 Å². The van der Waals surface area contributed by atoms with Crippen molar-refractivity contribution in [1.29, 1.82) is 0 Å². The van der Waals surface area contributed by atoms with Gasteiger partial charge < -0.3 is 5.11 Å². The van der Waals surface area contributed by atoms with E-state index < -0.39 is 0 Å². The summed E-state index contributed by atoms with van der Waals surface area (Å²) in [6.07, 6.45) is 0.965. The largest absolute Gasteiger partial charge is 0.396 e. The number of hydrogen-bond donors (Lipinski definition) is 1. The van der Waals surface area contributed by atoms with Crippen LogP contribution in [0.15, 0.2) is 24.3 Å². The fourth-order valence-corrected chi connectivity index (χ4v) is 2.42. The normalized spacial score (nSPS) is 20.7. The molecule has 0 amide bonds. The van der Waals surface area contributed by atoms with Crippen LogP contribution in [0.4, 0.5) is 0 Å². The summed E-state index contributed by atoms with van der Waals surface area (Å²) in [5.74, 6) is 0.364. The van der Waals surface area contributed by atoms with Gasteiger partial charge in [-0.05, 0) is 31.0 Å². The summed E-state index contributed by atoms with van der Waals surface area (Å²) in [7, 11) is 0. The minimum Gasteiger partial charge on any atom is -0.396 e. The summed E-state index contributed by atoms with van der Waals surface area (Å²) in [6, 6.07) is 7.12. The average Bonchev–Trinajstić information content (AvgIpc) is 2.77. The molecule has 1 aromatic carbocycles. The predicted octanol–water partition coefficient (Wildman–Crippen LogP) is 1.84. The number of Topliss-reactive ketones (excluding diaryl/α,β-unsaturated/α-hetero) is 1. The van der Waals surface area contributed by atoms with Gasteiger partial charge in [-0.25, -0.2) is 0 Å². The Morgan fingerprint density at radius 3 is 2.88 bits per heavy atom. The van der Waals surface area contributed by atoms with Gasteiger partial charge in [-0.3, -0.25) is 9.69 Å². The van der Waals surface area contributed by atoms with Crippen LogP contribution in [0.2, 0.25) is 5.02 Å². The van der Waals surface area contributed by atoms with Crippen molar-refractivity contribution in [2.45, 2.75) is 6.42 Å². The van der Waals surface area contributed by atoms with E-state index in [1.54, 1.807) is 12.1 Å². The SMILES string of the molecule is O=C(CN1CC[C@H](CO)C1)c1ccccc1Cl. The highest BCUT2D eigenvalue weighted by Crippen LogP contribution is 2.19. The third-order valence-electron chi connectivity index (χ3n) is 3.17. The first kappa shape index (κ1) is 12.6. The van der Waals surface area contributed by atoms with Crippen molar-refractivity contribution in [2.24, 2.45) is 5.92 Å². The van der Waals surface area contributed by atoms with E-state index in [1.807, 2.05) is 12.1 Å². The van der Waals surface area contributed by atoms with E-state index in [4.69, 9.17) is 16.7 Å². The second kappa shape index (κ2) is 5.63. The molecule has 0 unspecified atom stereocenters. The lowest BCUT2D eigenvalue weighted by Crippen LogP contribution is -2.28. The number of aliphatic hydroxyl groups is 1. The van der Waals surface area contributed by atoms with Crippen LogP contribution in [0.25, 0.3) is 0 Å². The van der Waals surface area contributed by atoms with Gasteiger partial charge in [0.2, 0.25) is 0 Å². The number of halogens is 1. The minimum atomic E-state index is 0.0502. The fourth-order valence-electron chi connectivity index (χ4n) is 2.18. The molecule has 1 fully saturated rings. The number of hydrogen-bond acceptors (Lipinski definition) is 3. The Morgan fingerprint density at radius 2 is 2.24 bits per heavy atom. The van der Waals surface area contributed by atoms with E-state index in [-0.39, 0.29) is 12.4 Å². The van der Waals surface area contributed by atoms with E-state index in [2.05, 4.69) is 4.90 Å². The molecule has 1 heterocycles. The Hall–Kier alpha value is -0.900. The molecule has 0 aromatic heterocycles. The van der Waals surface area contributed by atoms with Crippen molar-refractivity contribution < 1.29 is 9.90 Å². The maximum atomic E-state index is 12.0. The van der Waals surface area contributed by atoms with Gasteiger partial charge in [-0.1, -0.05) is 23.7 Å². The van der Waals surface area contributed by atoms with Crippen molar-refractivity contribution in [3.63, 3.8) is 0 Å². The minimum absolute atomic E-state index is 0.0502. The number of aliphatic hydroxyl groups excluding tert-OH is 1. The number of benzene rings is 1. The lowest BCUT2D eigenvalue weighted by Gasteiger charge is -2.14. The molecule has 1 aromatic rings. The van der Waals surface area contributed by atoms with E-state index in [1.165, 1.54) is 0 Å². The Bertz CT molecular complexity index is 408. The summed E-state index contributed by atoms with van der Waals surface area (Å²) >= 11 is 5.98. The molecule has 92 valence electrons. The molecule has 0 spiro atoms. The zero-order chi connectivity index (χ0) is 12.3. The van der Waals surface area contributed by atoms with Gasteiger partial charge in [0.25, 0.3) is 0 Å². The number of rotatable bonds is 4. The van der Waals surface area contributed by atoms with Crippen LogP contribution >= 0.6 is 11.6 Å². The van der Waals surface area contributed by atoms with E-state index in [0.717, 1.165) is 19.5 Å². The van der Waals surface area contributed by atoms with Crippen molar-refractivity contribution in [3.8, 4) is 0 Å². The van der Waals surface area contributed by atoms with Gasteiger partial charge >= 0.3 is 0 Å². The Balaban J connectivity index is 1.96. The van der Waals surface area contributed by atoms with Crippen molar-refractivity contribution in [2.75, 3.05) is 26.2 Å². The third-order valence-corrected chi connectivity index (χ3v) is 3.50. The van der Waals surface area contributed by atoms with Gasteiger partial charge in [0.15, 0.2) is 5.78 Å². The van der Waals surface area contributed by atoms with Crippen molar-refractivity contribution in [3.05, 3.63) is 34.9 Å². The number of carbonyl (C=O) groups is 1. The smallest absolute Gasteiger partial charge is 0.178 e. The van der Waals surface area contributed by atoms with E-state index in [0.29, 0.717) is 23.0 Å². The molecule has 0 bridgehead atoms. The summed E-state index contributed by atoms with van der Waals surface area (Å²) < 4.78 is 0. The average molecular weight is 254 g/mol. The molecule has 1 atom stereocenters. The van der Waals surface area contributed by atoms with Gasteiger partial charge in [0, 0.05) is 18.7 Å². The van der Waals surface area contributed by atoms with Crippen LogP contribution < -0.4 is 0 Å². The van der Waals surface area contributed by atoms with Gasteiger partial charge in [0.1, 0.15) is 0 Å². The van der Waals surface area contributed by atoms with Crippen molar-refractivity contribution in [1.82, 2.24) is 4.90 Å². The predicted molar refractivity (Wildman–Crippen MR) is 67.4 cm³/mol. The highest BCUT2D eigenvalue weighted by molar-refractivity contribution is 6.34. The third kappa shape index (κ3) is 3.06. The molecule has 0 saturated carbocycles. The molecule has 17 heavy (non-hydrogen) atoms. The molecule has 1 N–H and O–H groups in total. The molecule has 1 aliphatic rings. The Labute approximate surface area is 106 Å². The highest BCUT2D eigenvalue weighted by atomic mass is 35.5. The van der Waals surface area contributed by atoms with Gasteiger partial charge in [-0.15, -0.1) is 0 Å². The zero-order valence-corrected chi connectivity index (χ0v) is 10.4. The molecule has 0 aliphatic carbocycles. The monoisotopic (exact) mass is 253 g/mol. The van der Waals surface area contributed by atoms with Crippen molar-refractivity contribution >= 4 is 17.4 Å². The van der Waals surface area contributed by atoms with Crippen LogP contribution in [-0.4, -0.2) is 42.0 Å². The maximum Gasteiger partial charge on any atom is 0.178 e. The van der Waals surface area contributed by atoms with E-state index in [9.17, 15) is 4.79 Å². The quantitative estimate of drug-likeness (QED) is 0.833. The van der Waals surface area contributed by atoms with Crippen LogP contribution in [0.1, 0.15) is 16.8 Å². The lowest BCUT2D eigenvalue weighted by atomic mass is 10.1. The van der Waals surface area contributed by atoms with Crippen LogP contribution in [0, 0.1) is 5.92 Å². The van der Waals surface area contributed by atoms with Gasteiger partial charge in [0.05, 0.1) is 11.6 Å². The first-order chi connectivity index (χ1) is 8.20. The molecular formula is C13H16ClNO2. The molecule has 3 nitrogen and oxygen atoms in total. The van der Waals surface area contributed by atoms with Crippen LogP contribution in [0.5, 0.6) is 0 Å². The molecule has 2 rings (SSSR count). The maximum absolute atomic E-state index is 12.0. The second-order valence-corrected chi connectivity index (χ2v) is 4.88. The second-order valence-electron chi connectivity index (χ2n) is 4.48. The number of likely N-dealkylation sites (tertiary alicyclic amines) is 1. The fraction of sp³-hybridized carbons (Fsp3) is 0.462. The molecular weight excluding hydrogens is 238 g/mol. The standard InChI is InChI=1S/C13H16ClNO2/c14-12-4-2-1-3-11(12)13(17)8-15-6-5-10(7-15)9-16/h1-4,10,16H,5-9H2/t10-/m0/s1.